The summed E-state index contributed by atoms with van der Waals surface area (Å²) >= 11 is 0. The van der Waals surface area contributed by atoms with Gasteiger partial charge in [0.05, 0.1) is 23.9 Å². The Hall–Kier alpha value is -3.22. The molecule has 0 bridgehead atoms. The predicted molar refractivity (Wildman–Crippen MR) is 124 cm³/mol. The number of hydrogen-bond donors (Lipinski definition) is 1. The second-order valence-corrected chi connectivity index (χ2v) is 8.72. The fourth-order valence-electron chi connectivity index (χ4n) is 4.42. The molecule has 2 aliphatic rings. The van der Waals surface area contributed by atoms with Crippen LogP contribution in [0.4, 0.5) is 5.82 Å². The molecule has 4 rings (SSSR count). The molecule has 2 aliphatic heterocycles. The number of fused-ring (bicyclic) bond motifs is 1. The van der Waals surface area contributed by atoms with Crippen LogP contribution < -0.4 is 15.8 Å². The van der Waals surface area contributed by atoms with E-state index in [1.54, 1.807) is 12.3 Å². The molecule has 0 aliphatic carbocycles. The van der Waals surface area contributed by atoms with Gasteiger partial charge in [-0.05, 0) is 51.3 Å². The standard InChI is InChI=1S/C24H29N5O4/c1-15-6-4-8-29-21(15)27-22(28-13-16(2)33-17(3)14-28)20(24(29)31)10-18(11-25)23(30)26-12-19-7-5-9-32-19/h4,6,8,10,16-17,19H,5,7,9,12-14H2,1-3H3,(H,26,30)/b18-10+/t16-,17+,19-/m1/s1. The van der Waals surface area contributed by atoms with E-state index in [0.29, 0.717) is 37.7 Å². The van der Waals surface area contributed by atoms with Crippen molar-refractivity contribution in [2.75, 3.05) is 31.1 Å². The first-order valence-corrected chi connectivity index (χ1v) is 11.3. The van der Waals surface area contributed by atoms with Crippen molar-refractivity contribution in [3.8, 4) is 6.07 Å². The van der Waals surface area contributed by atoms with Crippen molar-refractivity contribution in [2.45, 2.75) is 51.9 Å². The Balaban J connectivity index is 1.77. The van der Waals surface area contributed by atoms with Gasteiger partial charge in [0.2, 0.25) is 0 Å². The molecule has 2 fully saturated rings. The molecular formula is C24H29N5O4. The van der Waals surface area contributed by atoms with Crippen molar-refractivity contribution in [2.24, 2.45) is 0 Å². The molecule has 1 N–H and O–H groups in total. The number of amides is 1. The molecule has 1 amide bonds. The topological polar surface area (TPSA) is 109 Å². The van der Waals surface area contributed by atoms with Gasteiger partial charge in [-0.2, -0.15) is 5.26 Å². The third-order valence-corrected chi connectivity index (χ3v) is 5.95. The largest absolute Gasteiger partial charge is 0.376 e. The lowest BCUT2D eigenvalue weighted by Crippen LogP contribution is -2.46. The van der Waals surface area contributed by atoms with Gasteiger partial charge in [-0.3, -0.25) is 14.0 Å². The Labute approximate surface area is 192 Å². The number of carbonyl (C=O) groups is 1. The van der Waals surface area contributed by atoms with E-state index in [1.807, 2.05) is 37.8 Å². The van der Waals surface area contributed by atoms with Gasteiger partial charge in [-0.15, -0.1) is 0 Å². The fourth-order valence-corrected chi connectivity index (χ4v) is 4.42. The van der Waals surface area contributed by atoms with Crippen LogP contribution in [-0.2, 0) is 14.3 Å². The number of aryl methyl sites for hydroxylation is 1. The molecule has 9 heteroatoms. The van der Waals surface area contributed by atoms with Crippen molar-refractivity contribution >= 4 is 23.4 Å². The maximum atomic E-state index is 13.5. The van der Waals surface area contributed by atoms with E-state index >= 15 is 0 Å². The fraction of sp³-hybridized carbons (Fsp3) is 0.500. The maximum Gasteiger partial charge on any atom is 0.267 e. The first-order chi connectivity index (χ1) is 15.9. The lowest BCUT2D eigenvalue weighted by molar-refractivity contribution is -0.117. The number of anilines is 1. The van der Waals surface area contributed by atoms with Crippen LogP contribution in [0.5, 0.6) is 0 Å². The highest BCUT2D eigenvalue weighted by atomic mass is 16.5. The second-order valence-electron chi connectivity index (χ2n) is 8.72. The maximum absolute atomic E-state index is 13.5. The van der Waals surface area contributed by atoms with Gasteiger partial charge in [0.15, 0.2) is 0 Å². The van der Waals surface area contributed by atoms with Gasteiger partial charge >= 0.3 is 0 Å². The summed E-state index contributed by atoms with van der Waals surface area (Å²) in [5, 5.41) is 12.5. The second kappa shape index (κ2) is 9.73. The summed E-state index contributed by atoms with van der Waals surface area (Å²) in [6.45, 7) is 7.94. The normalized spacial score (nSPS) is 23.5. The van der Waals surface area contributed by atoms with Crippen LogP contribution in [0, 0.1) is 18.3 Å². The van der Waals surface area contributed by atoms with Gasteiger partial charge in [0, 0.05) is 32.4 Å². The van der Waals surface area contributed by atoms with Crippen molar-refractivity contribution in [1.29, 1.82) is 5.26 Å². The molecule has 0 saturated carbocycles. The van der Waals surface area contributed by atoms with E-state index in [9.17, 15) is 14.9 Å². The van der Waals surface area contributed by atoms with Gasteiger partial charge in [0.25, 0.3) is 11.5 Å². The molecule has 3 atom stereocenters. The smallest absolute Gasteiger partial charge is 0.267 e. The zero-order valence-corrected chi connectivity index (χ0v) is 19.2. The average molecular weight is 452 g/mol. The number of nitrogens with one attached hydrogen (secondary N) is 1. The number of rotatable bonds is 5. The monoisotopic (exact) mass is 451 g/mol. The summed E-state index contributed by atoms with van der Waals surface area (Å²) in [5.41, 5.74) is 1.14. The molecule has 4 heterocycles. The molecule has 0 spiro atoms. The van der Waals surface area contributed by atoms with Gasteiger partial charge in [-0.1, -0.05) is 6.07 Å². The molecule has 0 aromatic carbocycles. The summed E-state index contributed by atoms with van der Waals surface area (Å²) in [4.78, 5) is 33.1. The Morgan fingerprint density at radius 1 is 1.36 bits per heavy atom. The van der Waals surface area contributed by atoms with Crippen molar-refractivity contribution in [3.05, 3.63) is 45.4 Å². The highest BCUT2D eigenvalue weighted by Gasteiger charge is 2.27. The Kier molecular flexibility index (Phi) is 6.77. The van der Waals surface area contributed by atoms with Crippen LogP contribution in [0.15, 0.2) is 28.7 Å². The number of carbonyl (C=O) groups excluding carboxylic acids is 1. The Morgan fingerprint density at radius 2 is 2.12 bits per heavy atom. The van der Waals surface area contributed by atoms with Crippen LogP contribution in [0.3, 0.4) is 0 Å². The SMILES string of the molecule is Cc1cccn2c(=O)c(/C=C(\C#N)C(=O)NC[C@H]3CCCO3)c(N3C[C@@H](C)O[C@@H](C)C3)nc12. The van der Waals surface area contributed by atoms with Crippen molar-refractivity contribution in [1.82, 2.24) is 14.7 Å². The highest BCUT2D eigenvalue weighted by Crippen LogP contribution is 2.24. The minimum absolute atomic E-state index is 0.0447. The molecule has 2 aromatic heterocycles. The lowest BCUT2D eigenvalue weighted by atomic mass is 10.1. The van der Waals surface area contributed by atoms with E-state index in [2.05, 4.69) is 5.32 Å². The number of nitriles is 1. The molecule has 9 nitrogen and oxygen atoms in total. The molecule has 33 heavy (non-hydrogen) atoms. The van der Waals surface area contributed by atoms with Crippen molar-refractivity contribution < 1.29 is 14.3 Å². The molecule has 0 radical (unpaired) electrons. The minimum Gasteiger partial charge on any atom is -0.376 e. The predicted octanol–water partition coefficient (Wildman–Crippen LogP) is 1.82. The molecule has 2 aromatic rings. The highest BCUT2D eigenvalue weighted by molar-refractivity contribution is 6.02. The quantitative estimate of drug-likeness (QED) is 0.546. The number of hydrogen-bond acceptors (Lipinski definition) is 7. The van der Waals surface area contributed by atoms with Crippen LogP contribution in [-0.4, -0.2) is 59.8 Å². The summed E-state index contributed by atoms with van der Waals surface area (Å²) in [6, 6.07) is 5.62. The summed E-state index contributed by atoms with van der Waals surface area (Å²) in [5.74, 6) is -0.0765. The summed E-state index contributed by atoms with van der Waals surface area (Å²) < 4.78 is 12.8. The average Bonchev–Trinajstić information content (AvgIpc) is 3.30. The zero-order chi connectivity index (χ0) is 23.5. The van der Waals surface area contributed by atoms with Gasteiger partial charge < -0.3 is 19.7 Å². The first kappa shape index (κ1) is 23.0. The Bertz CT molecular complexity index is 1170. The first-order valence-electron chi connectivity index (χ1n) is 11.3. The van der Waals surface area contributed by atoms with E-state index < -0.39 is 5.91 Å². The number of pyridine rings is 1. The number of nitrogens with zero attached hydrogens (tertiary/aromatic N) is 4. The summed E-state index contributed by atoms with van der Waals surface area (Å²) in [6.07, 6.45) is 4.69. The molecule has 0 unspecified atom stereocenters. The molecule has 174 valence electrons. The van der Waals surface area contributed by atoms with E-state index in [4.69, 9.17) is 14.5 Å². The van der Waals surface area contributed by atoms with Gasteiger partial charge in [0.1, 0.15) is 23.1 Å². The van der Waals surface area contributed by atoms with Crippen LogP contribution >= 0.6 is 0 Å². The zero-order valence-electron chi connectivity index (χ0n) is 19.2. The minimum atomic E-state index is -0.531. The van der Waals surface area contributed by atoms with Crippen LogP contribution in [0.25, 0.3) is 11.7 Å². The Morgan fingerprint density at radius 3 is 2.79 bits per heavy atom. The van der Waals surface area contributed by atoms with Crippen LogP contribution in [0.1, 0.15) is 37.8 Å². The molecule has 2 saturated heterocycles. The third-order valence-electron chi connectivity index (χ3n) is 5.95. The number of ether oxygens (including phenoxy) is 2. The van der Waals surface area contributed by atoms with E-state index in [0.717, 1.165) is 18.4 Å². The van der Waals surface area contributed by atoms with Gasteiger partial charge in [-0.25, -0.2) is 4.98 Å². The third kappa shape index (κ3) is 4.92. The number of morpholine rings is 1. The van der Waals surface area contributed by atoms with Crippen LogP contribution in [0.2, 0.25) is 0 Å². The molecular weight excluding hydrogens is 422 g/mol. The number of aromatic nitrogens is 2. The lowest BCUT2D eigenvalue weighted by Gasteiger charge is -2.36. The summed E-state index contributed by atoms with van der Waals surface area (Å²) in [7, 11) is 0. The van der Waals surface area contributed by atoms with Crippen molar-refractivity contribution in [3.63, 3.8) is 0 Å². The van der Waals surface area contributed by atoms with E-state index in [1.165, 1.54) is 10.5 Å². The van der Waals surface area contributed by atoms with E-state index in [-0.39, 0.29) is 35.0 Å².